The molecule has 7 heteroatoms. The van der Waals surface area contributed by atoms with Gasteiger partial charge in [0.1, 0.15) is 17.7 Å². The van der Waals surface area contributed by atoms with Crippen molar-refractivity contribution in [2.45, 2.75) is 32.7 Å². The Kier molecular flexibility index (Phi) is 5.10. The van der Waals surface area contributed by atoms with Gasteiger partial charge in [0.05, 0.1) is 16.8 Å². The van der Waals surface area contributed by atoms with Crippen LogP contribution in [0.4, 0.5) is 0 Å². The van der Waals surface area contributed by atoms with E-state index in [-0.39, 0.29) is 11.4 Å². The van der Waals surface area contributed by atoms with E-state index in [1.54, 1.807) is 0 Å². The topological polar surface area (TPSA) is 114 Å². The van der Waals surface area contributed by atoms with Gasteiger partial charge in [-0.3, -0.25) is 0 Å². The average Bonchev–Trinajstić information content (AvgIpc) is 3.28. The maximum Gasteiger partial charge on any atom is 0.217 e. The fourth-order valence-electron chi connectivity index (χ4n) is 4.01. The Bertz CT molecular complexity index is 1290. The third-order valence-electron chi connectivity index (χ3n) is 5.55. The van der Waals surface area contributed by atoms with E-state index >= 15 is 0 Å². The van der Waals surface area contributed by atoms with E-state index in [0.717, 1.165) is 27.8 Å². The zero-order valence-electron chi connectivity index (χ0n) is 17.6. The van der Waals surface area contributed by atoms with Crippen LogP contribution in [-0.2, 0) is 5.54 Å². The first-order valence-corrected chi connectivity index (χ1v) is 9.89. The molecule has 0 amide bonds. The summed E-state index contributed by atoms with van der Waals surface area (Å²) in [6.45, 7) is 6.15. The van der Waals surface area contributed by atoms with Gasteiger partial charge in [-0.1, -0.05) is 59.7 Å². The van der Waals surface area contributed by atoms with Gasteiger partial charge in [0.15, 0.2) is 0 Å². The van der Waals surface area contributed by atoms with Gasteiger partial charge in [0.25, 0.3) is 0 Å². The van der Waals surface area contributed by atoms with Crippen molar-refractivity contribution in [3.8, 4) is 12.1 Å². The summed E-state index contributed by atoms with van der Waals surface area (Å²) in [6.07, 6.45) is 0.581. The molecule has 0 saturated heterocycles. The monoisotopic (exact) mass is 407 g/mol. The van der Waals surface area contributed by atoms with E-state index in [4.69, 9.17) is 0 Å². The number of aromatic amines is 1. The summed E-state index contributed by atoms with van der Waals surface area (Å²) < 4.78 is 0. The standard InChI is InChI=1S/C24H21N7/c1-15-6-4-8-17(10-15)19-12-24(3,18-9-5-7-16(2)11-18)27-22(20(19)13-25)21(14-26)23-28-30-31-29-23/h4-11,27H,12H2,1-3H3,(H,28,29,30,31)/b22-21+. The van der Waals surface area contributed by atoms with Crippen LogP contribution in [0.3, 0.4) is 0 Å². The number of aromatic nitrogens is 4. The molecule has 1 aromatic heterocycles. The molecule has 2 N–H and O–H groups in total. The highest BCUT2D eigenvalue weighted by molar-refractivity contribution is 5.87. The highest BCUT2D eigenvalue weighted by Crippen LogP contribution is 2.42. The van der Waals surface area contributed by atoms with Crippen molar-refractivity contribution >= 4 is 11.1 Å². The summed E-state index contributed by atoms with van der Waals surface area (Å²) in [5.74, 6) is 0.148. The van der Waals surface area contributed by atoms with E-state index in [9.17, 15) is 10.5 Å². The summed E-state index contributed by atoms with van der Waals surface area (Å²) in [6, 6.07) is 20.8. The first-order chi connectivity index (χ1) is 14.9. The first-order valence-electron chi connectivity index (χ1n) is 9.89. The Labute approximate surface area is 180 Å². The molecule has 152 valence electrons. The van der Waals surface area contributed by atoms with Crippen molar-refractivity contribution in [3.05, 3.63) is 87.9 Å². The van der Waals surface area contributed by atoms with E-state index in [0.29, 0.717) is 17.7 Å². The van der Waals surface area contributed by atoms with Crippen molar-refractivity contribution in [3.63, 3.8) is 0 Å². The number of tetrazole rings is 1. The zero-order valence-corrected chi connectivity index (χ0v) is 17.6. The number of benzene rings is 2. The molecule has 2 aromatic carbocycles. The Morgan fingerprint density at radius 3 is 2.42 bits per heavy atom. The van der Waals surface area contributed by atoms with E-state index in [2.05, 4.69) is 63.2 Å². The third-order valence-corrected chi connectivity index (χ3v) is 5.55. The molecule has 1 unspecified atom stereocenters. The number of hydrogen-bond donors (Lipinski definition) is 2. The Morgan fingerprint density at radius 1 is 1.06 bits per heavy atom. The molecule has 31 heavy (non-hydrogen) atoms. The van der Waals surface area contributed by atoms with Crippen LogP contribution < -0.4 is 5.32 Å². The molecule has 0 bridgehead atoms. The van der Waals surface area contributed by atoms with Crippen LogP contribution in [0.1, 0.15) is 41.4 Å². The quantitative estimate of drug-likeness (QED) is 0.636. The van der Waals surface area contributed by atoms with Crippen LogP contribution in [0.2, 0.25) is 0 Å². The van der Waals surface area contributed by atoms with Crippen molar-refractivity contribution in [1.82, 2.24) is 25.9 Å². The molecule has 1 aliphatic heterocycles. The summed E-state index contributed by atoms with van der Waals surface area (Å²) in [5.41, 5.74) is 5.59. The number of nitriles is 2. The first kappa shape index (κ1) is 20.1. The van der Waals surface area contributed by atoms with Gasteiger partial charge < -0.3 is 5.32 Å². The van der Waals surface area contributed by atoms with Crippen molar-refractivity contribution in [2.24, 2.45) is 0 Å². The summed E-state index contributed by atoms with van der Waals surface area (Å²) in [5, 5.41) is 37.5. The fraction of sp³-hybridized carbons (Fsp3) is 0.208. The molecule has 0 radical (unpaired) electrons. The van der Waals surface area contributed by atoms with Crippen LogP contribution in [0.15, 0.2) is 59.8 Å². The molecule has 0 fully saturated rings. The lowest BCUT2D eigenvalue weighted by molar-refractivity contribution is 0.408. The number of hydrogen-bond acceptors (Lipinski definition) is 6. The highest BCUT2D eigenvalue weighted by Gasteiger charge is 2.37. The molecule has 2 heterocycles. The molecular formula is C24H21N7. The summed E-state index contributed by atoms with van der Waals surface area (Å²) in [4.78, 5) is 0. The lowest BCUT2D eigenvalue weighted by Gasteiger charge is -2.39. The normalized spacial score (nSPS) is 19.9. The highest BCUT2D eigenvalue weighted by atomic mass is 15.5. The number of nitrogens with one attached hydrogen (secondary N) is 2. The third kappa shape index (κ3) is 3.70. The van der Waals surface area contributed by atoms with Gasteiger partial charge in [-0.25, -0.2) is 0 Å². The Hall–Kier alpha value is -4.23. The smallest absolute Gasteiger partial charge is 0.217 e. The van der Waals surface area contributed by atoms with Crippen LogP contribution in [0, 0.1) is 36.5 Å². The lowest BCUT2D eigenvalue weighted by atomic mass is 9.76. The fourth-order valence-corrected chi connectivity index (χ4v) is 4.01. The molecule has 7 nitrogen and oxygen atoms in total. The van der Waals surface area contributed by atoms with Gasteiger partial charge in [-0.2, -0.15) is 15.7 Å². The van der Waals surface area contributed by atoms with Crippen LogP contribution in [0.5, 0.6) is 0 Å². The number of aryl methyl sites for hydroxylation is 2. The number of allylic oxidation sites excluding steroid dienone is 2. The minimum absolute atomic E-state index is 0.148. The predicted octanol–water partition coefficient (Wildman–Crippen LogP) is 3.94. The zero-order chi connectivity index (χ0) is 22.0. The summed E-state index contributed by atoms with van der Waals surface area (Å²) in [7, 11) is 0. The molecule has 0 saturated carbocycles. The molecule has 0 spiro atoms. The Balaban J connectivity index is 2.02. The minimum atomic E-state index is -0.549. The van der Waals surface area contributed by atoms with Crippen LogP contribution >= 0.6 is 0 Å². The largest absolute Gasteiger partial charge is 0.373 e. The SMILES string of the molecule is Cc1cccc(C2=C(C#N)/C(=C(/C#N)c3nn[nH]n3)NC(C)(c3cccc(C)c3)C2)c1. The molecule has 3 aromatic rings. The molecule has 4 rings (SSSR count). The van der Waals surface area contributed by atoms with E-state index in [1.807, 2.05) is 44.2 Å². The van der Waals surface area contributed by atoms with Gasteiger partial charge in [0.2, 0.25) is 5.82 Å². The van der Waals surface area contributed by atoms with Gasteiger partial charge in [0, 0.05) is 6.42 Å². The maximum absolute atomic E-state index is 10.1. The maximum atomic E-state index is 10.1. The molecule has 1 aliphatic rings. The lowest BCUT2D eigenvalue weighted by Crippen LogP contribution is -2.43. The number of rotatable bonds is 3. The van der Waals surface area contributed by atoms with E-state index in [1.165, 1.54) is 0 Å². The van der Waals surface area contributed by atoms with Crippen LogP contribution in [-0.4, -0.2) is 20.6 Å². The minimum Gasteiger partial charge on any atom is -0.373 e. The molecular weight excluding hydrogens is 386 g/mol. The van der Waals surface area contributed by atoms with Crippen molar-refractivity contribution in [2.75, 3.05) is 0 Å². The predicted molar refractivity (Wildman–Crippen MR) is 117 cm³/mol. The van der Waals surface area contributed by atoms with Crippen molar-refractivity contribution < 1.29 is 0 Å². The van der Waals surface area contributed by atoms with Gasteiger partial charge in [-0.15, -0.1) is 10.2 Å². The molecule has 0 aliphatic carbocycles. The van der Waals surface area contributed by atoms with Gasteiger partial charge in [-0.05, 0) is 42.7 Å². The van der Waals surface area contributed by atoms with Crippen molar-refractivity contribution in [1.29, 1.82) is 10.5 Å². The second-order valence-corrected chi connectivity index (χ2v) is 7.94. The number of nitrogens with zero attached hydrogens (tertiary/aromatic N) is 5. The van der Waals surface area contributed by atoms with Gasteiger partial charge >= 0.3 is 0 Å². The average molecular weight is 407 g/mol. The second kappa shape index (κ2) is 7.89. The van der Waals surface area contributed by atoms with E-state index < -0.39 is 5.54 Å². The number of H-pyrrole nitrogens is 1. The van der Waals surface area contributed by atoms with Crippen LogP contribution in [0.25, 0.3) is 11.1 Å². The summed E-state index contributed by atoms with van der Waals surface area (Å²) >= 11 is 0. The second-order valence-electron chi connectivity index (χ2n) is 7.94. The molecule has 1 atom stereocenters. The Morgan fingerprint density at radius 2 is 1.81 bits per heavy atom.